The molecule has 0 radical (unpaired) electrons. The first-order valence-corrected chi connectivity index (χ1v) is 5.36. The molecule has 0 amide bonds. The van der Waals surface area contributed by atoms with Crippen LogP contribution in [0.15, 0.2) is 12.2 Å². The summed E-state index contributed by atoms with van der Waals surface area (Å²) in [5, 5.41) is 3.15. The van der Waals surface area contributed by atoms with Gasteiger partial charge in [-0.2, -0.15) is 0 Å². The lowest BCUT2D eigenvalue weighted by molar-refractivity contribution is -0.137. The van der Waals surface area contributed by atoms with Crippen molar-refractivity contribution in [2.75, 3.05) is 26.3 Å². The maximum atomic E-state index is 10.9. The van der Waals surface area contributed by atoms with Crippen LogP contribution in [0.4, 0.5) is 0 Å². The summed E-state index contributed by atoms with van der Waals surface area (Å²) in [7, 11) is 0. The van der Waals surface area contributed by atoms with E-state index in [1.807, 2.05) is 13.8 Å². The molecule has 0 bridgehead atoms. The number of carbonyl (C=O) groups excluding carboxylic acids is 1. The van der Waals surface area contributed by atoms with E-state index < -0.39 is 0 Å². The monoisotopic (exact) mass is 215 g/mol. The molecule has 0 fully saturated rings. The summed E-state index contributed by atoms with van der Waals surface area (Å²) in [6.45, 7) is 8.33. The molecule has 1 atom stereocenters. The summed E-state index contributed by atoms with van der Waals surface area (Å²) in [6, 6.07) is 0. The molecular formula is C11H21NO3. The number of rotatable bonds is 8. The Balaban J connectivity index is 3.41. The molecule has 1 N–H and O–H groups in total. The zero-order chi connectivity index (χ0) is 11.5. The summed E-state index contributed by atoms with van der Waals surface area (Å²) in [4.78, 5) is 10.9. The largest absolute Gasteiger partial charge is 0.463 e. The van der Waals surface area contributed by atoms with Gasteiger partial charge in [0.05, 0.1) is 12.7 Å². The minimum atomic E-state index is -0.294. The lowest BCUT2D eigenvalue weighted by atomic mass is 10.4. The van der Waals surface area contributed by atoms with Gasteiger partial charge in [-0.15, -0.1) is 0 Å². The smallest absolute Gasteiger partial charge is 0.330 e. The minimum Gasteiger partial charge on any atom is -0.463 e. The number of hydrogen-bond acceptors (Lipinski definition) is 4. The van der Waals surface area contributed by atoms with Gasteiger partial charge in [-0.25, -0.2) is 4.79 Å². The van der Waals surface area contributed by atoms with E-state index in [1.165, 1.54) is 6.08 Å². The quantitative estimate of drug-likeness (QED) is 0.374. The van der Waals surface area contributed by atoms with Crippen LogP contribution in [-0.2, 0) is 14.3 Å². The van der Waals surface area contributed by atoms with Crippen molar-refractivity contribution < 1.29 is 14.3 Å². The topological polar surface area (TPSA) is 47.6 Å². The molecule has 0 aromatic carbocycles. The van der Waals surface area contributed by atoms with E-state index in [-0.39, 0.29) is 12.1 Å². The Kier molecular flexibility index (Phi) is 9.11. The van der Waals surface area contributed by atoms with E-state index in [0.29, 0.717) is 13.2 Å². The maximum absolute atomic E-state index is 10.9. The number of hydrogen-bond donors (Lipinski definition) is 1. The number of carbonyl (C=O) groups is 1. The molecule has 88 valence electrons. The van der Waals surface area contributed by atoms with Gasteiger partial charge in [-0.3, -0.25) is 0 Å². The number of esters is 1. The first-order chi connectivity index (χ1) is 7.20. The van der Waals surface area contributed by atoms with Crippen molar-refractivity contribution >= 4 is 5.97 Å². The molecule has 15 heavy (non-hydrogen) atoms. The van der Waals surface area contributed by atoms with Crippen molar-refractivity contribution in [1.82, 2.24) is 5.32 Å². The molecule has 0 saturated carbocycles. The van der Waals surface area contributed by atoms with Gasteiger partial charge in [-0.05, 0) is 20.8 Å². The van der Waals surface area contributed by atoms with E-state index in [2.05, 4.69) is 5.32 Å². The van der Waals surface area contributed by atoms with Crippen LogP contribution >= 0.6 is 0 Å². The fraction of sp³-hybridized carbons (Fsp3) is 0.727. The third kappa shape index (κ3) is 9.43. The molecule has 0 aromatic heterocycles. The molecule has 0 saturated heterocycles. The van der Waals surface area contributed by atoms with Crippen LogP contribution in [0.1, 0.15) is 20.8 Å². The molecule has 0 spiro atoms. The summed E-state index contributed by atoms with van der Waals surface area (Å²) >= 11 is 0. The molecule has 0 aliphatic carbocycles. The number of nitrogens with one attached hydrogen (secondary N) is 1. The van der Waals surface area contributed by atoms with Gasteiger partial charge in [0.25, 0.3) is 0 Å². The Bertz CT molecular complexity index is 192. The first kappa shape index (κ1) is 14.1. The fourth-order valence-electron chi connectivity index (χ4n) is 1.06. The van der Waals surface area contributed by atoms with Crippen molar-refractivity contribution in [3.05, 3.63) is 12.2 Å². The summed E-state index contributed by atoms with van der Waals surface area (Å²) in [5.74, 6) is -0.294. The van der Waals surface area contributed by atoms with Gasteiger partial charge in [0.15, 0.2) is 0 Å². The Morgan fingerprint density at radius 1 is 1.40 bits per heavy atom. The average molecular weight is 215 g/mol. The highest BCUT2D eigenvalue weighted by molar-refractivity contribution is 5.81. The standard InChI is InChI=1S/C11H21NO3/c1-4-14-10(3)9-12-8-6-7-11(13)15-5-2/h6-7,10,12H,4-5,8-9H2,1-3H3/b7-6+. The fourth-order valence-corrected chi connectivity index (χ4v) is 1.06. The molecule has 0 rings (SSSR count). The highest BCUT2D eigenvalue weighted by Crippen LogP contribution is 1.87. The van der Waals surface area contributed by atoms with E-state index in [4.69, 9.17) is 9.47 Å². The molecule has 1 unspecified atom stereocenters. The normalized spacial score (nSPS) is 13.0. The molecule has 0 aliphatic heterocycles. The van der Waals surface area contributed by atoms with Crippen molar-refractivity contribution in [2.45, 2.75) is 26.9 Å². The maximum Gasteiger partial charge on any atom is 0.330 e. The number of ether oxygens (including phenoxy) is 2. The van der Waals surface area contributed by atoms with E-state index in [0.717, 1.165) is 13.2 Å². The second-order valence-electron chi connectivity index (χ2n) is 3.08. The predicted molar refractivity (Wildman–Crippen MR) is 59.7 cm³/mol. The Morgan fingerprint density at radius 2 is 2.13 bits per heavy atom. The van der Waals surface area contributed by atoms with Crippen LogP contribution < -0.4 is 5.32 Å². The van der Waals surface area contributed by atoms with Gasteiger partial charge in [-0.1, -0.05) is 6.08 Å². The minimum absolute atomic E-state index is 0.200. The third-order valence-electron chi connectivity index (χ3n) is 1.69. The Hall–Kier alpha value is -0.870. The molecule has 4 heteroatoms. The Morgan fingerprint density at radius 3 is 2.73 bits per heavy atom. The van der Waals surface area contributed by atoms with Gasteiger partial charge in [0.1, 0.15) is 0 Å². The lowest BCUT2D eigenvalue weighted by Gasteiger charge is -2.10. The van der Waals surface area contributed by atoms with Crippen molar-refractivity contribution in [1.29, 1.82) is 0 Å². The predicted octanol–water partition coefficient (Wildman–Crippen LogP) is 1.12. The lowest BCUT2D eigenvalue weighted by Crippen LogP contribution is -2.27. The summed E-state index contributed by atoms with van der Waals surface area (Å²) in [6.07, 6.45) is 3.38. The van der Waals surface area contributed by atoms with Crippen LogP contribution in [0.2, 0.25) is 0 Å². The highest BCUT2D eigenvalue weighted by Gasteiger charge is 1.98. The molecular weight excluding hydrogens is 194 g/mol. The summed E-state index contributed by atoms with van der Waals surface area (Å²) in [5.41, 5.74) is 0. The zero-order valence-corrected chi connectivity index (χ0v) is 9.79. The highest BCUT2D eigenvalue weighted by atomic mass is 16.5. The third-order valence-corrected chi connectivity index (χ3v) is 1.69. The zero-order valence-electron chi connectivity index (χ0n) is 9.79. The summed E-state index contributed by atoms with van der Waals surface area (Å²) < 4.78 is 10.1. The van der Waals surface area contributed by atoms with E-state index >= 15 is 0 Å². The van der Waals surface area contributed by atoms with Crippen LogP contribution in [0, 0.1) is 0 Å². The average Bonchev–Trinajstić information content (AvgIpc) is 2.18. The first-order valence-electron chi connectivity index (χ1n) is 5.36. The molecule has 0 aromatic rings. The molecule has 0 aliphatic rings. The van der Waals surface area contributed by atoms with Crippen LogP contribution in [-0.4, -0.2) is 38.4 Å². The van der Waals surface area contributed by atoms with Gasteiger partial charge in [0.2, 0.25) is 0 Å². The van der Waals surface area contributed by atoms with Gasteiger partial charge in [0, 0.05) is 25.8 Å². The second-order valence-corrected chi connectivity index (χ2v) is 3.08. The van der Waals surface area contributed by atoms with Crippen molar-refractivity contribution in [3.8, 4) is 0 Å². The van der Waals surface area contributed by atoms with Crippen LogP contribution in [0.5, 0.6) is 0 Å². The Labute approximate surface area is 91.6 Å². The second kappa shape index (κ2) is 9.68. The van der Waals surface area contributed by atoms with Gasteiger partial charge < -0.3 is 14.8 Å². The van der Waals surface area contributed by atoms with Crippen molar-refractivity contribution in [2.24, 2.45) is 0 Å². The van der Waals surface area contributed by atoms with Crippen LogP contribution in [0.3, 0.4) is 0 Å². The van der Waals surface area contributed by atoms with Gasteiger partial charge >= 0.3 is 5.97 Å². The van der Waals surface area contributed by atoms with Crippen molar-refractivity contribution in [3.63, 3.8) is 0 Å². The molecule has 0 heterocycles. The SMILES string of the molecule is CCOC(=O)/C=C/CNCC(C)OCC. The van der Waals surface area contributed by atoms with E-state index in [9.17, 15) is 4.79 Å². The van der Waals surface area contributed by atoms with Crippen LogP contribution in [0.25, 0.3) is 0 Å². The molecule has 4 nitrogen and oxygen atoms in total. The van der Waals surface area contributed by atoms with E-state index in [1.54, 1.807) is 13.0 Å².